The molecule has 0 fully saturated rings. The van der Waals surface area contributed by atoms with Gasteiger partial charge in [0.15, 0.2) is 0 Å². The van der Waals surface area contributed by atoms with Crippen LogP contribution in [0.3, 0.4) is 0 Å². The second kappa shape index (κ2) is 9.87. The molecule has 0 spiro atoms. The molecule has 0 aliphatic rings. The molecule has 156 valence electrons. The van der Waals surface area contributed by atoms with E-state index in [1.165, 1.54) is 10.4 Å². The number of sulfonamides is 1. The summed E-state index contributed by atoms with van der Waals surface area (Å²) in [6, 6.07) is 11.2. The fourth-order valence-electron chi connectivity index (χ4n) is 2.76. The van der Waals surface area contributed by atoms with Crippen molar-refractivity contribution in [3.05, 3.63) is 58.6 Å². The number of hydrogen-bond acceptors (Lipinski definition) is 4. The Morgan fingerprint density at radius 2 is 1.72 bits per heavy atom. The molecule has 0 radical (unpaired) electrons. The number of hydrogen-bond donors (Lipinski definition) is 2. The lowest BCUT2D eigenvalue weighted by molar-refractivity contribution is -0.115. The number of halogens is 1. The number of carbonyl (C=O) groups excluding carboxylic acids is 2. The summed E-state index contributed by atoms with van der Waals surface area (Å²) in [5.41, 5.74) is 1.19. The first-order valence-corrected chi connectivity index (χ1v) is 11.0. The first-order chi connectivity index (χ1) is 13.7. The molecule has 29 heavy (non-hydrogen) atoms. The standard InChI is InChI=1S/C20H24ClN3O4S/c1-4-24(5-2)29(27,28)18-12-15(11-10-14(18)3)23-19(25)13-22-20(26)16-8-6-7-9-17(16)21/h6-12H,4-5,13H2,1-3H3,(H,22,26)(H,23,25). The zero-order valence-corrected chi connectivity index (χ0v) is 18.1. The minimum Gasteiger partial charge on any atom is -0.343 e. The van der Waals surface area contributed by atoms with Gasteiger partial charge in [0.2, 0.25) is 15.9 Å². The highest BCUT2D eigenvalue weighted by atomic mass is 35.5. The molecule has 2 rings (SSSR count). The van der Waals surface area contributed by atoms with Gasteiger partial charge < -0.3 is 10.6 Å². The number of nitrogens with zero attached hydrogens (tertiary/aromatic N) is 1. The van der Waals surface area contributed by atoms with Crippen LogP contribution < -0.4 is 10.6 Å². The molecule has 9 heteroatoms. The van der Waals surface area contributed by atoms with Crippen LogP contribution in [0, 0.1) is 6.92 Å². The van der Waals surface area contributed by atoms with Crippen LogP contribution in [0.25, 0.3) is 0 Å². The van der Waals surface area contributed by atoms with E-state index in [-0.39, 0.29) is 22.0 Å². The van der Waals surface area contributed by atoms with Gasteiger partial charge in [-0.2, -0.15) is 4.31 Å². The number of benzene rings is 2. The Morgan fingerprint density at radius 1 is 1.07 bits per heavy atom. The minimum atomic E-state index is -3.66. The maximum Gasteiger partial charge on any atom is 0.253 e. The van der Waals surface area contributed by atoms with Gasteiger partial charge in [-0.05, 0) is 36.8 Å². The molecule has 7 nitrogen and oxygen atoms in total. The average Bonchev–Trinajstić information content (AvgIpc) is 2.68. The van der Waals surface area contributed by atoms with Crippen LogP contribution in [-0.2, 0) is 14.8 Å². The Morgan fingerprint density at radius 3 is 2.34 bits per heavy atom. The molecule has 0 saturated carbocycles. The largest absolute Gasteiger partial charge is 0.343 e. The van der Waals surface area contributed by atoms with Gasteiger partial charge in [-0.25, -0.2) is 8.42 Å². The quantitative estimate of drug-likeness (QED) is 0.663. The molecule has 2 aromatic rings. The molecular weight excluding hydrogens is 414 g/mol. The van der Waals surface area contributed by atoms with E-state index >= 15 is 0 Å². The lowest BCUT2D eigenvalue weighted by Gasteiger charge is -2.20. The highest BCUT2D eigenvalue weighted by Gasteiger charge is 2.24. The average molecular weight is 438 g/mol. The van der Waals surface area contributed by atoms with Crippen LogP contribution in [0.2, 0.25) is 5.02 Å². The normalized spacial score (nSPS) is 11.3. The summed E-state index contributed by atoms with van der Waals surface area (Å²) in [5, 5.41) is 5.39. The Hall–Kier alpha value is -2.42. The van der Waals surface area contributed by atoms with Crippen molar-refractivity contribution in [3.63, 3.8) is 0 Å². The van der Waals surface area contributed by atoms with Gasteiger partial charge in [0.25, 0.3) is 5.91 Å². The van der Waals surface area contributed by atoms with Crippen LogP contribution in [0.4, 0.5) is 5.69 Å². The molecule has 2 aromatic carbocycles. The Kier molecular flexibility index (Phi) is 7.78. The van der Waals surface area contributed by atoms with E-state index in [4.69, 9.17) is 11.6 Å². The van der Waals surface area contributed by atoms with Crippen LogP contribution in [0.15, 0.2) is 47.4 Å². The first-order valence-electron chi connectivity index (χ1n) is 9.14. The highest BCUT2D eigenvalue weighted by molar-refractivity contribution is 7.89. The van der Waals surface area contributed by atoms with E-state index in [0.29, 0.717) is 24.3 Å². The third-order valence-electron chi connectivity index (χ3n) is 4.32. The van der Waals surface area contributed by atoms with E-state index in [0.717, 1.165) is 0 Å². The molecule has 0 unspecified atom stereocenters. The summed E-state index contributed by atoms with van der Waals surface area (Å²) in [6.07, 6.45) is 0. The number of anilines is 1. The molecule has 0 bridgehead atoms. The van der Waals surface area contributed by atoms with Gasteiger partial charge in [-0.3, -0.25) is 9.59 Å². The predicted molar refractivity (Wildman–Crippen MR) is 114 cm³/mol. The molecule has 0 aliphatic heterocycles. The zero-order chi connectivity index (χ0) is 21.6. The molecule has 0 aromatic heterocycles. The third-order valence-corrected chi connectivity index (χ3v) is 6.84. The summed E-state index contributed by atoms with van der Waals surface area (Å²) >= 11 is 5.97. The number of rotatable bonds is 8. The number of nitrogens with one attached hydrogen (secondary N) is 2. The Balaban J connectivity index is 2.10. The van der Waals surface area contributed by atoms with E-state index in [2.05, 4.69) is 10.6 Å². The minimum absolute atomic E-state index is 0.138. The van der Waals surface area contributed by atoms with Crippen molar-refractivity contribution in [2.24, 2.45) is 0 Å². The van der Waals surface area contributed by atoms with E-state index in [9.17, 15) is 18.0 Å². The third kappa shape index (κ3) is 5.56. The zero-order valence-electron chi connectivity index (χ0n) is 16.5. The fraction of sp³-hybridized carbons (Fsp3) is 0.300. The SMILES string of the molecule is CCN(CC)S(=O)(=O)c1cc(NC(=O)CNC(=O)c2ccccc2Cl)ccc1C. The number of carbonyl (C=O) groups is 2. The van der Waals surface area contributed by atoms with Gasteiger partial charge >= 0.3 is 0 Å². The molecule has 2 amide bonds. The van der Waals surface area contributed by atoms with Crippen molar-refractivity contribution >= 4 is 39.1 Å². The summed E-state index contributed by atoms with van der Waals surface area (Å²) in [7, 11) is -3.66. The Labute approximate surface area is 176 Å². The van der Waals surface area contributed by atoms with E-state index in [1.807, 2.05) is 0 Å². The summed E-state index contributed by atoms with van der Waals surface area (Å²) in [5.74, 6) is -0.958. The number of aryl methyl sites for hydroxylation is 1. The van der Waals surface area contributed by atoms with E-state index < -0.39 is 21.8 Å². The predicted octanol–water partition coefficient (Wildman–Crippen LogP) is 3.05. The lowest BCUT2D eigenvalue weighted by Crippen LogP contribution is -2.33. The van der Waals surface area contributed by atoms with Crippen molar-refractivity contribution in [2.45, 2.75) is 25.7 Å². The van der Waals surface area contributed by atoms with Gasteiger partial charge in [0.05, 0.1) is 22.0 Å². The van der Waals surface area contributed by atoms with Crippen LogP contribution >= 0.6 is 11.6 Å². The second-order valence-corrected chi connectivity index (χ2v) is 8.59. The van der Waals surface area contributed by atoms with Gasteiger partial charge in [-0.15, -0.1) is 0 Å². The molecule has 0 heterocycles. The number of amides is 2. The van der Waals surface area contributed by atoms with Gasteiger partial charge in [-0.1, -0.05) is 43.6 Å². The van der Waals surface area contributed by atoms with E-state index in [1.54, 1.807) is 57.2 Å². The summed E-state index contributed by atoms with van der Waals surface area (Å²) < 4.78 is 27.0. The van der Waals surface area contributed by atoms with Crippen LogP contribution in [0.1, 0.15) is 29.8 Å². The van der Waals surface area contributed by atoms with Crippen LogP contribution in [-0.4, -0.2) is 44.2 Å². The molecule has 0 saturated heterocycles. The van der Waals surface area contributed by atoms with Gasteiger partial charge in [0.1, 0.15) is 0 Å². The van der Waals surface area contributed by atoms with Crippen molar-refractivity contribution in [1.29, 1.82) is 0 Å². The monoisotopic (exact) mass is 437 g/mol. The van der Waals surface area contributed by atoms with Crippen molar-refractivity contribution in [1.82, 2.24) is 9.62 Å². The maximum absolute atomic E-state index is 12.8. The first kappa shape index (κ1) is 22.9. The van der Waals surface area contributed by atoms with Crippen molar-refractivity contribution in [3.8, 4) is 0 Å². The fourth-order valence-corrected chi connectivity index (χ4v) is 4.70. The molecule has 0 atom stereocenters. The summed E-state index contributed by atoms with van der Waals surface area (Å²) in [6.45, 7) is 5.65. The lowest BCUT2D eigenvalue weighted by atomic mass is 10.2. The molecular formula is C20H24ClN3O4S. The summed E-state index contributed by atoms with van der Waals surface area (Å²) in [4.78, 5) is 24.5. The van der Waals surface area contributed by atoms with Gasteiger partial charge in [0, 0.05) is 18.8 Å². The Bertz CT molecular complexity index is 1000. The second-order valence-electron chi connectivity index (χ2n) is 6.28. The topological polar surface area (TPSA) is 95.6 Å². The van der Waals surface area contributed by atoms with Crippen molar-refractivity contribution in [2.75, 3.05) is 25.0 Å². The molecule has 0 aliphatic carbocycles. The van der Waals surface area contributed by atoms with Crippen LogP contribution in [0.5, 0.6) is 0 Å². The smallest absolute Gasteiger partial charge is 0.253 e. The maximum atomic E-state index is 12.8. The van der Waals surface area contributed by atoms with Crippen molar-refractivity contribution < 1.29 is 18.0 Å². The molecule has 2 N–H and O–H groups in total. The highest BCUT2D eigenvalue weighted by Crippen LogP contribution is 2.23.